The number of alkyl halides is 3. The lowest BCUT2D eigenvalue weighted by Crippen LogP contribution is -2.28. The fourth-order valence-electron chi connectivity index (χ4n) is 1.73. The molecule has 3 nitrogen and oxygen atoms in total. The Labute approximate surface area is 102 Å². The van der Waals surface area contributed by atoms with Crippen molar-refractivity contribution < 1.29 is 28.2 Å². The van der Waals surface area contributed by atoms with Gasteiger partial charge in [-0.3, -0.25) is 4.79 Å². The minimum atomic E-state index is -4.95. The van der Waals surface area contributed by atoms with Crippen molar-refractivity contribution in [2.45, 2.75) is 31.9 Å². The van der Waals surface area contributed by atoms with Gasteiger partial charge in [0.05, 0.1) is 0 Å². The van der Waals surface area contributed by atoms with Gasteiger partial charge in [-0.1, -0.05) is 32.0 Å². The van der Waals surface area contributed by atoms with Crippen LogP contribution in [-0.2, 0) is 4.79 Å². The number of phenolic OH excluding ortho intramolecular Hbond substituents is 1. The first-order chi connectivity index (χ1) is 8.16. The van der Waals surface area contributed by atoms with E-state index in [9.17, 15) is 23.1 Å². The zero-order chi connectivity index (χ0) is 14.1. The van der Waals surface area contributed by atoms with Crippen LogP contribution in [0.3, 0.4) is 0 Å². The summed E-state index contributed by atoms with van der Waals surface area (Å²) in [6.45, 7) is 3.39. The van der Waals surface area contributed by atoms with Crippen LogP contribution in [-0.4, -0.2) is 22.4 Å². The van der Waals surface area contributed by atoms with Crippen LogP contribution in [0.4, 0.5) is 13.2 Å². The average molecular weight is 262 g/mol. The molecule has 0 aliphatic rings. The Morgan fingerprint density at radius 3 is 2.11 bits per heavy atom. The van der Waals surface area contributed by atoms with Gasteiger partial charge in [-0.05, 0) is 11.5 Å². The minimum Gasteiger partial charge on any atom is -0.507 e. The Hall–Kier alpha value is -1.72. The lowest BCUT2D eigenvalue weighted by Gasteiger charge is -2.19. The van der Waals surface area contributed by atoms with Gasteiger partial charge >= 0.3 is 12.1 Å². The SMILES string of the molecule is CC(C)c1cccc(C(C(=O)O)C(F)(F)F)c1O. The summed E-state index contributed by atoms with van der Waals surface area (Å²) in [5.41, 5.74) is -0.329. The van der Waals surface area contributed by atoms with Crippen molar-refractivity contribution >= 4 is 5.97 Å². The highest BCUT2D eigenvalue weighted by molar-refractivity contribution is 5.78. The van der Waals surface area contributed by atoms with Crippen molar-refractivity contribution in [2.24, 2.45) is 0 Å². The molecular formula is C12H13F3O3. The van der Waals surface area contributed by atoms with Gasteiger partial charge in [0, 0.05) is 5.56 Å². The third-order valence-corrected chi connectivity index (χ3v) is 2.61. The summed E-state index contributed by atoms with van der Waals surface area (Å²) in [4.78, 5) is 10.7. The van der Waals surface area contributed by atoms with E-state index in [1.165, 1.54) is 12.1 Å². The summed E-state index contributed by atoms with van der Waals surface area (Å²) in [5, 5.41) is 18.5. The second kappa shape index (κ2) is 4.88. The molecule has 18 heavy (non-hydrogen) atoms. The highest BCUT2D eigenvalue weighted by atomic mass is 19.4. The zero-order valence-corrected chi connectivity index (χ0v) is 9.82. The Kier molecular flexibility index (Phi) is 3.88. The van der Waals surface area contributed by atoms with E-state index in [1.54, 1.807) is 13.8 Å². The summed E-state index contributed by atoms with van der Waals surface area (Å²) in [5.74, 6) is -5.54. The van der Waals surface area contributed by atoms with E-state index in [4.69, 9.17) is 5.11 Å². The molecule has 0 saturated heterocycles. The predicted molar refractivity (Wildman–Crippen MR) is 58.6 cm³/mol. The number of hydrogen-bond donors (Lipinski definition) is 2. The summed E-state index contributed by atoms with van der Waals surface area (Å²) in [6.07, 6.45) is -4.95. The molecule has 0 amide bonds. The van der Waals surface area contributed by atoms with Gasteiger partial charge in [0.15, 0.2) is 5.92 Å². The molecule has 0 radical (unpaired) electrons. The van der Waals surface area contributed by atoms with E-state index in [0.29, 0.717) is 5.56 Å². The molecule has 1 aromatic rings. The molecule has 0 saturated carbocycles. The highest BCUT2D eigenvalue weighted by Gasteiger charge is 2.47. The molecule has 1 atom stereocenters. The van der Waals surface area contributed by atoms with Gasteiger partial charge in [-0.25, -0.2) is 0 Å². The molecule has 0 spiro atoms. The van der Waals surface area contributed by atoms with Crippen molar-refractivity contribution in [1.82, 2.24) is 0 Å². The number of benzene rings is 1. The zero-order valence-electron chi connectivity index (χ0n) is 9.82. The lowest BCUT2D eigenvalue weighted by molar-refractivity contribution is -0.176. The molecule has 6 heteroatoms. The summed E-state index contributed by atoms with van der Waals surface area (Å²) in [6, 6.07) is 3.76. The van der Waals surface area contributed by atoms with E-state index in [0.717, 1.165) is 6.07 Å². The number of rotatable bonds is 3. The maximum Gasteiger partial charge on any atom is 0.406 e. The summed E-state index contributed by atoms with van der Waals surface area (Å²) >= 11 is 0. The Morgan fingerprint density at radius 2 is 1.72 bits per heavy atom. The monoisotopic (exact) mass is 262 g/mol. The van der Waals surface area contributed by atoms with Gasteiger partial charge in [-0.15, -0.1) is 0 Å². The van der Waals surface area contributed by atoms with Crippen LogP contribution in [0.1, 0.15) is 36.8 Å². The van der Waals surface area contributed by atoms with Crippen molar-refractivity contribution in [1.29, 1.82) is 0 Å². The largest absolute Gasteiger partial charge is 0.507 e. The fourth-order valence-corrected chi connectivity index (χ4v) is 1.73. The molecule has 1 unspecified atom stereocenters. The number of aliphatic carboxylic acids is 1. The van der Waals surface area contributed by atoms with E-state index in [2.05, 4.69) is 0 Å². The molecule has 1 rings (SSSR count). The number of phenols is 1. The molecule has 0 aliphatic heterocycles. The molecule has 0 bridgehead atoms. The van der Waals surface area contributed by atoms with Gasteiger partial charge in [0.2, 0.25) is 0 Å². The predicted octanol–water partition coefficient (Wildman–Crippen LogP) is 3.25. The van der Waals surface area contributed by atoms with Crippen LogP contribution in [0.2, 0.25) is 0 Å². The van der Waals surface area contributed by atoms with E-state index < -0.39 is 29.4 Å². The van der Waals surface area contributed by atoms with Crippen LogP contribution < -0.4 is 0 Å². The molecule has 1 aromatic carbocycles. The molecule has 100 valence electrons. The van der Waals surface area contributed by atoms with Crippen LogP contribution in [0.15, 0.2) is 18.2 Å². The van der Waals surface area contributed by atoms with Crippen LogP contribution in [0.5, 0.6) is 5.75 Å². The first kappa shape index (κ1) is 14.3. The molecule has 0 heterocycles. The Morgan fingerprint density at radius 1 is 1.22 bits per heavy atom. The van der Waals surface area contributed by atoms with Gasteiger partial charge in [0.25, 0.3) is 0 Å². The minimum absolute atomic E-state index is 0.201. The maximum absolute atomic E-state index is 12.7. The van der Waals surface area contributed by atoms with E-state index in [-0.39, 0.29) is 5.92 Å². The molecule has 0 fully saturated rings. The number of carboxylic acid groups (broad SMARTS) is 1. The second-order valence-corrected chi connectivity index (χ2v) is 4.25. The van der Waals surface area contributed by atoms with Crippen LogP contribution >= 0.6 is 0 Å². The normalized spacial score (nSPS) is 13.7. The van der Waals surface area contributed by atoms with Crippen molar-refractivity contribution in [3.63, 3.8) is 0 Å². The number of carboxylic acids is 1. The van der Waals surface area contributed by atoms with Gasteiger partial charge < -0.3 is 10.2 Å². The Bertz CT molecular complexity index is 452. The molecule has 0 aromatic heterocycles. The van der Waals surface area contributed by atoms with Crippen molar-refractivity contribution in [3.05, 3.63) is 29.3 Å². The summed E-state index contributed by atoms with van der Waals surface area (Å²) in [7, 11) is 0. The second-order valence-electron chi connectivity index (χ2n) is 4.25. The number of halogens is 3. The van der Waals surface area contributed by atoms with E-state index in [1.807, 2.05) is 0 Å². The molecule has 2 N–H and O–H groups in total. The summed E-state index contributed by atoms with van der Waals surface area (Å²) < 4.78 is 38.0. The number of carbonyl (C=O) groups is 1. The average Bonchev–Trinajstić information content (AvgIpc) is 2.17. The lowest BCUT2D eigenvalue weighted by atomic mass is 9.92. The van der Waals surface area contributed by atoms with Gasteiger partial charge in [-0.2, -0.15) is 13.2 Å². The maximum atomic E-state index is 12.7. The fraction of sp³-hybridized carbons (Fsp3) is 0.417. The van der Waals surface area contributed by atoms with Crippen molar-refractivity contribution in [3.8, 4) is 5.75 Å². The molecule has 0 aliphatic carbocycles. The first-order valence-electron chi connectivity index (χ1n) is 5.27. The third-order valence-electron chi connectivity index (χ3n) is 2.61. The topological polar surface area (TPSA) is 57.5 Å². The first-order valence-corrected chi connectivity index (χ1v) is 5.27. The Balaban J connectivity index is 3.39. The van der Waals surface area contributed by atoms with Crippen LogP contribution in [0, 0.1) is 0 Å². The van der Waals surface area contributed by atoms with Crippen LogP contribution in [0.25, 0.3) is 0 Å². The third kappa shape index (κ3) is 2.75. The number of para-hydroxylation sites is 1. The quantitative estimate of drug-likeness (QED) is 0.879. The number of aromatic hydroxyl groups is 1. The highest BCUT2D eigenvalue weighted by Crippen LogP contribution is 2.41. The standard InChI is InChI=1S/C12H13F3O3/c1-6(2)7-4-3-5-8(10(7)16)9(11(17)18)12(13,14)15/h3-6,9,16H,1-2H3,(H,17,18). The smallest absolute Gasteiger partial charge is 0.406 e. The number of hydrogen-bond acceptors (Lipinski definition) is 2. The van der Waals surface area contributed by atoms with Crippen molar-refractivity contribution in [2.75, 3.05) is 0 Å². The van der Waals surface area contributed by atoms with Gasteiger partial charge in [0.1, 0.15) is 5.75 Å². The molecular weight excluding hydrogens is 249 g/mol. The van der Waals surface area contributed by atoms with E-state index >= 15 is 0 Å².